The largest absolute Gasteiger partial charge is 0.383 e. The van der Waals surface area contributed by atoms with Crippen molar-refractivity contribution in [2.45, 2.75) is 0 Å². The average Bonchev–Trinajstić information content (AvgIpc) is 2.48. The molecule has 110 valence electrons. The van der Waals surface area contributed by atoms with Gasteiger partial charge >= 0.3 is 0 Å². The number of amides is 1. The van der Waals surface area contributed by atoms with Crippen molar-refractivity contribution in [3.63, 3.8) is 0 Å². The molecule has 2 N–H and O–H groups in total. The summed E-state index contributed by atoms with van der Waals surface area (Å²) in [5.74, 6) is -0.799. The first-order valence-electron chi connectivity index (χ1n) is 6.45. The Bertz CT molecular complexity index is 619. The minimum atomic E-state index is -0.407. The third-order valence-corrected chi connectivity index (χ3v) is 2.71. The Morgan fingerprint density at radius 1 is 1.29 bits per heavy atom. The summed E-state index contributed by atoms with van der Waals surface area (Å²) in [6.45, 7) is 1.19. The number of benzene rings is 1. The lowest BCUT2D eigenvalue weighted by Gasteiger charge is -2.08. The first-order chi connectivity index (χ1) is 10.2. The van der Waals surface area contributed by atoms with E-state index in [9.17, 15) is 9.18 Å². The second-order valence-corrected chi connectivity index (χ2v) is 4.31. The molecule has 0 spiro atoms. The number of nitrogens with zero attached hydrogens (tertiary/aromatic N) is 1. The van der Waals surface area contributed by atoms with Crippen LogP contribution in [0.3, 0.4) is 0 Å². The molecule has 0 saturated heterocycles. The van der Waals surface area contributed by atoms with E-state index >= 15 is 0 Å². The Morgan fingerprint density at radius 3 is 2.90 bits per heavy atom. The average molecular weight is 289 g/mol. The number of aromatic nitrogens is 1. The van der Waals surface area contributed by atoms with Gasteiger partial charge in [0.15, 0.2) is 0 Å². The molecule has 1 aromatic carbocycles. The van der Waals surface area contributed by atoms with E-state index in [1.54, 1.807) is 25.3 Å². The highest BCUT2D eigenvalue weighted by Crippen LogP contribution is 2.12. The number of carbonyl (C=O) groups excluding carboxylic acids is 1. The number of rotatable bonds is 6. The standard InChI is InChI=1S/C15H16FN3O2/c1-21-8-7-17-12-5-6-18-14(10-12)15(20)19-13-4-2-3-11(16)9-13/h2-6,9-10H,7-8H2,1H3,(H,17,18)(H,19,20). The smallest absolute Gasteiger partial charge is 0.274 e. The van der Waals surface area contributed by atoms with Crippen molar-refractivity contribution < 1.29 is 13.9 Å². The summed E-state index contributed by atoms with van der Waals surface area (Å²) in [6.07, 6.45) is 1.54. The van der Waals surface area contributed by atoms with E-state index < -0.39 is 11.7 Å². The van der Waals surface area contributed by atoms with Crippen LogP contribution in [0.25, 0.3) is 0 Å². The van der Waals surface area contributed by atoms with E-state index in [1.807, 2.05) is 0 Å². The van der Waals surface area contributed by atoms with E-state index in [4.69, 9.17) is 4.74 Å². The van der Waals surface area contributed by atoms with Gasteiger partial charge in [0, 0.05) is 31.2 Å². The molecule has 1 aromatic heterocycles. The maximum Gasteiger partial charge on any atom is 0.274 e. The van der Waals surface area contributed by atoms with Crippen LogP contribution >= 0.6 is 0 Å². The third kappa shape index (κ3) is 4.54. The molecular formula is C15H16FN3O2. The maximum absolute atomic E-state index is 13.1. The highest BCUT2D eigenvalue weighted by molar-refractivity contribution is 6.03. The molecule has 1 amide bonds. The summed E-state index contributed by atoms with van der Waals surface area (Å²) < 4.78 is 18.0. The Balaban J connectivity index is 2.03. The van der Waals surface area contributed by atoms with Crippen LogP contribution in [0.1, 0.15) is 10.5 Å². The number of pyridine rings is 1. The number of methoxy groups -OCH3 is 1. The molecule has 5 nitrogen and oxygen atoms in total. The van der Waals surface area contributed by atoms with Crippen LogP contribution < -0.4 is 10.6 Å². The van der Waals surface area contributed by atoms with Crippen molar-refractivity contribution in [1.29, 1.82) is 0 Å². The van der Waals surface area contributed by atoms with E-state index in [0.717, 1.165) is 5.69 Å². The lowest BCUT2D eigenvalue weighted by molar-refractivity contribution is 0.102. The molecule has 0 aliphatic carbocycles. The van der Waals surface area contributed by atoms with Crippen molar-refractivity contribution >= 4 is 17.3 Å². The van der Waals surface area contributed by atoms with Crippen LogP contribution in [0, 0.1) is 5.82 Å². The van der Waals surface area contributed by atoms with Crippen LogP contribution in [0.15, 0.2) is 42.6 Å². The second-order valence-electron chi connectivity index (χ2n) is 4.31. The normalized spacial score (nSPS) is 10.2. The fourth-order valence-electron chi connectivity index (χ4n) is 1.72. The number of nitrogens with one attached hydrogen (secondary N) is 2. The van der Waals surface area contributed by atoms with Crippen LogP contribution in [0.5, 0.6) is 0 Å². The molecule has 0 aliphatic rings. The molecule has 0 bridgehead atoms. The van der Waals surface area contributed by atoms with Gasteiger partial charge in [-0.3, -0.25) is 9.78 Å². The van der Waals surface area contributed by atoms with Gasteiger partial charge in [-0.2, -0.15) is 0 Å². The minimum absolute atomic E-state index is 0.252. The lowest BCUT2D eigenvalue weighted by Crippen LogP contribution is -2.14. The summed E-state index contributed by atoms with van der Waals surface area (Å²) in [7, 11) is 1.62. The summed E-state index contributed by atoms with van der Waals surface area (Å²) >= 11 is 0. The molecule has 0 aliphatic heterocycles. The molecule has 0 unspecified atom stereocenters. The van der Waals surface area contributed by atoms with Crippen molar-refractivity contribution in [3.05, 3.63) is 54.1 Å². The highest BCUT2D eigenvalue weighted by atomic mass is 19.1. The zero-order valence-corrected chi connectivity index (χ0v) is 11.6. The van der Waals surface area contributed by atoms with Gasteiger partial charge in [-0.05, 0) is 30.3 Å². The monoisotopic (exact) mass is 289 g/mol. The summed E-state index contributed by atoms with van der Waals surface area (Å²) in [5.41, 5.74) is 1.41. The van der Waals surface area contributed by atoms with Gasteiger partial charge in [-0.25, -0.2) is 4.39 Å². The van der Waals surface area contributed by atoms with Crippen molar-refractivity contribution in [1.82, 2.24) is 4.98 Å². The molecule has 21 heavy (non-hydrogen) atoms. The number of hydrogen-bond acceptors (Lipinski definition) is 4. The Hall–Kier alpha value is -2.47. The predicted octanol–water partition coefficient (Wildman–Crippen LogP) is 2.53. The van der Waals surface area contributed by atoms with Crippen molar-refractivity contribution in [2.24, 2.45) is 0 Å². The third-order valence-electron chi connectivity index (χ3n) is 2.71. The van der Waals surface area contributed by atoms with Gasteiger partial charge in [0.2, 0.25) is 0 Å². The van der Waals surface area contributed by atoms with Gasteiger partial charge in [0.1, 0.15) is 11.5 Å². The zero-order chi connectivity index (χ0) is 15.1. The van der Waals surface area contributed by atoms with Crippen LogP contribution in [0.4, 0.5) is 15.8 Å². The Labute approximate surface area is 122 Å². The number of anilines is 2. The first kappa shape index (κ1) is 14.9. The zero-order valence-electron chi connectivity index (χ0n) is 11.6. The first-order valence-corrected chi connectivity index (χ1v) is 6.45. The van der Waals surface area contributed by atoms with Crippen LogP contribution in [0.2, 0.25) is 0 Å². The van der Waals surface area contributed by atoms with E-state index in [2.05, 4.69) is 15.6 Å². The van der Waals surface area contributed by atoms with Crippen LogP contribution in [-0.2, 0) is 4.74 Å². The maximum atomic E-state index is 13.1. The van der Waals surface area contributed by atoms with Gasteiger partial charge in [-0.1, -0.05) is 6.07 Å². The van der Waals surface area contributed by atoms with Crippen LogP contribution in [-0.4, -0.2) is 31.2 Å². The van der Waals surface area contributed by atoms with Gasteiger partial charge < -0.3 is 15.4 Å². The minimum Gasteiger partial charge on any atom is -0.383 e. The molecule has 0 atom stereocenters. The molecule has 0 saturated carbocycles. The number of hydrogen-bond donors (Lipinski definition) is 2. The quantitative estimate of drug-likeness (QED) is 0.802. The number of halogens is 1. The second kappa shape index (κ2) is 7.35. The van der Waals surface area contributed by atoms with Crippen molar-refractivity contribution in [2.75, 3.05) is 30.9 Å². The summed E-state index contributed by atoms with van der Waals surface area (Å²) in [5, 5.41) is 5.71. The molecule has 1 heterocycles. The van der Waals surface area contributed by atoms with Gasteiger partial charge in [-0.15, -0.1) is 0 Å². The van der Waals surface area contributed by atoms with E-state index in [-0.39, 0.29) is 5.69 Å². The fraction of sp³-hybridized carbons (Fsp3) is 0.200. The number of carbonyl (C=O) groups is 1. The molecule has 0 fully saturated rings. The molecular weight excluding hydrogens is 273 g/mol. The van der Waals surface area contributed by atoms with Crippen molar-refractivity contribution in [3.8, 4) is 0 Å². The fourth-order valence-corrected chi connectivity index (χ4v) is 1.72. The topological polar surface area (TPSA) is 63.2 Å². The Kier molecular flexibility index (Phi) is 5.22. The van der Waals surface area contributed by atoms with E-state index in [0.29, 0.717) is 18.8 Å². The van der Waals surface area contributed by atoms with Gasteiger partial charge in [0.05, 0.1) is 6.61 Å². The molecule has 2 aromatic rings. The predicted molar refractivity (Wildman–Crippen MR) is 79.0 cm³/mol. The lowest BCUT2D eigenvalue weighted by atomic mass is 10.2. The molecule has 0 radical (unpaired) electrons. The summed E-state index contributed by atoms with van der Waals surface area (Å²) in [6, 6.07) is 9.09. The highest BCUT2D eigenvalue weighted by Gasteiger charge is 2.08. The Morgan fingerprint density at radius 2 is 2.14 bits per heavy atom. The van der Waals surface area contributed by atoms with Gasteiger partial charge in [0.25, 0.3) is 5.91 Å². The SMILES string of the molecule is COCCNc1ccnc(C(=O)Nc2cccc(F)c2)c1. The van der Waals surface area contributed by atoms with E-state index in [1.165, 1.54) is 24.4 Å². The number of ether oxygens (including phenoxy) is 1. The summed E-state index contributed by atoms with van der Waals surface area (Å²) in [4.78, 5) is 16.1. The molecule has 6 heteroatoms. The molecule has 2 rings (SSSR count).